The van der Waals surface area contributed by atoms with Gasteiger partial charge in [-0.2, -0.15) is 0 Å². The Hall–Kier alpha value is -1.26. The summed E-state index contributed by atoms with van der Waals surface area (Å²) < 4.78 is 5.51. The number of nitrogens with two attached hydrogens (primary N) is 1. The molecule has 4 nitrogen and oxygen atoms in total. The molecule has 0 aliphatic carbocycles. The second kappa shape index (κ2) is 6.61. The van der Waals surface area contributed by atoms with Crippen LogP contribution in [0, 0.1) is 5.92 Å². The lowest BCUT2D eigenvalue weighted by Gasteiger charge is -2.14. The number of hydrogen-bond acceptors (Lipinski definition) is 3. The predicted octanol–water partition coefficient (Wildman–Crippen LogP) is 2.66. The minimum Gasteiger partial charge on any atom is -0.489 e. The summed E-state index contributed by atoms with van der Waals surface area (Å²) in [5, 5.41) is 3.23. The Bertz CT molecular complexity index is 421. The third kappa shape index (κ3) is 4.20. The summed E-state index contributed by atoms with van der Waals surface area (Å²) in [6.45, 7) is 5.94. The van der Waals surface area contributed by atoms with Crippen LogP contribution < -0.4 is 15.8 Å². The minimum absolute atomic E-state index is 0.0557. The van der Waals surface area contributed by atoms with E-state index in [1.165, 1.54) is 0 Å². The molecule has 3 N–H and O–H groups in total. The van der Waals surface area contributed by atoms with Crippen molar-refractivity contribution in [2.24, 2.45) is 11.7 Å². The summed E-state index contributed by atoms with van der Waals surface area (Å²) in [4.78, 5) is 11.7. The maximum Gasteiger partial charge on any atom is 0.228 e. The van der Waals surface area contributed by atoms with Gasteiger partial charge in [0.25, 0.3) is 0 Å². The number of carbonyl (C=O) groups is 1. The predicted molar refractivity (Wildman–Crippen MR) is 74.1 cm³/mol. The number of ether oxygens (including phenoxy) is 1. The van der Waals surface area contributed by atoms with E-state index in [-0.39, 0.29) is 17.9 Å². The second-order valence-electron chi connectivity index (χ2n) is 4.44. The first-order chi connectivity index (χ1) is 8.43. The first-order valence-corrected chi connectivity index (χ1v) is 6.29. The van der Waals surface area contributed by atoms with Gasteiger partial charge in [-0.3, -0.25) is 4.79 Å². The van der Waals surface area contributed by atoms with E-state index in [1.807, 2.05) is 13.8 Å². The van der Waals surface area contributed by atoms with E-state index in [4.69, 9.17) is 22.1 Å². The lowest BCUT2D eigenvalue weighted by molar-refractivity contribution is -0.119. The topological polar surface area (TPSA) is 64.3 Å². The van der Waals surface area contributed by atoms with E-state index in [2.05, 4.69) is 5.32 Å². The molecule has 0 bridgehead atoms. The van der Waals surface area contributed by atoms with Crippen LogP contribution in [0.1, 0.15) is 20.8 Å². The highest BCUT2D eigenvalue weighted by atomic mass is 35.5. The van der Waals surface area contributed by atoms with Crippen molar-refractivity contribution in [3.63, 3.8) is 0 Å². The van der Waals surface area contributed by atoms with Crippen LogP contribution in [-0.2, 0) is 4.79 Å². The molecule has 0 aromatic heterocycles. The molecule has 1 aromatic rings. The molecule has 0 saturated carbocycles. The number of rotatable bonds is 5. The third-order valence-electron chi connectivity index (χ3n) is 2.36. The Kier molecular flexibility index (Phi) is 5.44. The van der Waals surface area contributed by atoms with Gasteiger partial charge in [0.1, 0.15) is 5.75 Å². The lowest BCUT2D eigenvalue weighted by Crippen LogP contribution is -2.26. The molecule has 18 heavy (non-hydrogen) atoms. The molecule has 1 rings (SSSR count). The number of halogens is 1. The maximum atomic E-state index is 11.7. The quantitative estimate of drug-likeness (QED) is 0.865. The summed E-state index contributed by atoms with van der Waals surface area (Å²) in [7, 11) is 0. The fourth-order valence-corrected chi connectivity index (χ4v) is 1.53. The number of nitrogens with one attached hydrogen (secondary N) is 1. The largest absolute Gasteiger partial charge is 0.489 e. The van der Waals surface area contributed by atoms with E-state index >= 15 is 0 Å². The van der Waals surface area contributed by atoms with Gasteiger partial charge in [0.05, 0.1) is 11.1 Å². The minimum atomic E-state index is -0.227. The zero-order valence-corrected chi connectivity index (χ0v) is 11.6. The number of amides is 1. The van der Waals surface area contributed by atoms with Crippen LogP contribution in [0.5, 0.6) is 5.75 Å². The highest BCUT2D eigenvalue weighted by molar-refractivity contribution is 6.32. The van der Waals surface area contributed by atoms with E-state index in [0.717, 1.165) is 0 Å². The van der Waals surface area contributed by atoms with Gasteiger partial charge in [0.2, 0.25) is 5.91 Å². The average molecular weight is 271 g/mol. The second-order valence-corrected chi connectivity index (χ2v) is 4.85. The molecule has 0 aliphatic heterocycles. The normalized spacial score (nSPS) is 12.3. The molecule has 1 amide bonds. The Morgan fingerprint density at radius 1 is 1.44 bits per heavy atom. The van der Waals surface area contributed by atoms with E-state index in [9.17, 15) is 4.79 Å². The highest BCUT2D eigenvalue weighted by Crippen LogP contribution is 2.28. The molecule has 0 aliphatic rings. The summed E-state index contributed by atoms with van der Waals surface area (Å²) in [6, 6.07) is 5.16. The Morgan fingerprint density at radius 3 is 2.61 bits per heavy atom. The highest BCUT2D eigenvalue weighted by Gasteiger charge is 2.12. The van der Waals surface area contributed by atoms with Gasteiger partial charge in [-0.25, -0.2) is 0 Å². The standard InChI is InChI=1S/C13H19ClN2O2/c1-8(2)18-12-5-4-10(6-11(12)14)16-13(17)9(3)7-15/h4-6,8-9H,7,15H2,1-3H3,(H,16,17). The van der Waals surface area contributed by atoms with Crippen molar-refractivity contribution in [2.75, 3.05) is 11.9 Å². The number of benzene rings is 1. The number of carbonyl (C=O) groups excluding carboxylic acids is 1. The van der Waals surface area contributed by atoms with Crippen molar-refractivity contribution in [3.05, 3.63) is 23.2 Å². The summed E-state index contributed by atoms with van der Waals surface area (Å²) >= 11 is 6.07. The fourth-order valence-electron chi connectivity index (χ4n) is 1.30. The first-order valence-electron chi connectivity index (χ1n) is 5.91. The molecular formula is C13H19ClN2O2. The Morgan fingerprint density at radius 2 is 2.11 bits per heavy atom. The molecule has 1 aromatic carbocycles. The molecule has 100 valence electrons. The lowest BCUT2D eigenvalue weighted by atomic mass is 10.1. The first kappa shape index (κ1) is 14.8. The van der Waals surface area contributed by atoms with Crippen LogP contribution in [0.2, 0.25) is 5.02 Å². The SMILES string of the molecule is CC(C)Oc1ccc(NC(=O)C(C)CN)cc1Cl. The Labute approximate surface area is 112 Å². The van der Waals surface area contributed by atoms with Crippen LogP contribution in [0.4, 0.5) is 5.69 Å². The van der Waals surface area contributed by atoms with Gasteiger partial charge in [-0.05, 0) is 32.0 Å². The van der Waals surface area contributed by atoms with Crippen LogP contribution in [0.15, 0.2) is 18.2 Å². The smallest absolute Gasteiger partial charge is 0.228 e. The molecular weight excluding hydrogens is 252 g/mol. The van der Waals surface area contributed by atoms with Crippen molar-refractivity contribution in [2.45, 2.75) is 26.9 Å². The van der Waals surface area contributed by atoms with Crippen molar-refractivity contribution < 1.29 is 9.53 Å². The number of hydrogen-bond donors (Lipinski definition) is 2. The summed E-state index contributed by atoms with van der Waals surface area (Å²) in [5.74, 6) is 0.262. The van der Waals surface area contributed by atoms with Gasteiger partial charge >= 0.3 is 0 Å². The fraction of sp³-hybridized carbons (Fsp3) is 0.462. The van der Waals surface area contributed by atoms with Crippen molar-refractivity contribution >= 4 is 23.2 Å². The molecule has 1 unspecified atom stereocenters. The maximum absolute atomic E-state index is 11.7. The Balaban J connectivity index is 2.75. The van der Waals surface area contributed by atoms with Crippen molar-refractivity contribution in [3.8, 4) is 5.75 Å². The zero-order valence-electron chi connectivity index (χ0n) is 10.9. The average Bonchev–Trinajstić information content (AvgIpc) is 2.31. The van der Waals surface area contributed by atoms with Crippen LogP contribution >= 0.6 is 11.6 Å². The molecule has 5 heteroatoms. The van der Waals surface area contributed by atoms with E-state index in [1.54, 1.807) is 25.1 Å². The summed E-state index contributed by atoms with van der Waals surface area (Å²) in [5.41, 5.74) is 6.07. The molecule has 0 radical (unpaired) electrons. The number of anilines is 1. The van der Waals surface area contributed by atoms with Gasteiger partial charge in [-0.1, -0.05) is 18.5 Å². The van der Waals surface area contributed by atoms with E-state index in [0.29, 0.717) is 23.0 Å². The van der Waals surface area contributed by atoms with Crippen LogP contribution in [0.3, 0.4) is 0 Å². The van der Waals surface area contributed by atoms with Gasteiger partial charge in [0, 0.05) is 18.2 Å². The zero-order chi connectivity index (χ0) is 13.7. The molecule has 0 fully saturated rings. The van der Waals surface area contributed by atoms with Crippen molar-refractivity contribution in [1.29, 1.82) is 0 Å². The monoisotopic (exact) mass is 270 g/mol. The van der Waals surface area contributed by atoms with Gasteiger partial charge in [-0.15, -0.1) is 0 Å². The van der Waals surface area contributed by atoms with Crippen LogP contribution in [-0.4, -0.2) is 18.6 Å². The summed E-state index contributed by atoms with van der Waals surface area (Å²) in [6.07, 6.45) is 0.0557. The molecule has 1 atom stereocenters. The third-order valence-corrected chi connectivity index (χ3v) is 2.66. The van der Waals surface area contributed by atoms with Crippen LogP contribution in [0.25, 0.3) is 0 Å². The molecule has 0 heterocycles. The van der Waals surface area contributed by atoms with Gasteiger partial charge < -0.3 is 15.8 Å². The van der Waals surface area contributed by atoms with E-state index < -0.39 is 0 Å². The molecule has 0 spiro atoms. The van der Waals surface area contributed by atoms with Crippen molar-refractivity contribution in [1.82, 2.24) is 0 Å². The van der Waals surface area contributed by atoms with Gasteiger partial charge in [0.15, 0.2) is 0 Å². The molecule has 0 saturated heterocycles.